The lowest BCUT2D eigenvalue weighted by atomic mass is 10.1. The average molecular weight is 362 g/mol. The summed E-state index contributed by atoms with van der Waals surface area (Å²) in [6.45, 7) is -0.908. The molecule has 0 aliphatic carbocycles. The van der Waals surface area contributed by atoms with E-state index >= 15 is 0 Å². The Morgan fingerprint density at radius 3 is 2.54 bits per heavy atom. The van der Waals surface area contributed by atoms with Gasteiger partial charge in [0.15, 0.2) is 0 Å². The summed E-state index contributed by atoms with van der Waals surface area (Å²) in [7, 11) is 0. The zero-order valence-electron chi connectivity index (χ0n) is 13.9. The molecule has 3 rings (SSSR count). The molecule has 26 heavy (non-hydrogen) atoms. The number of urea groups is 1. The fraction of sp³-hybridized carbons (Fsp3) is 0.222. The van der Waals surface area contributed by atoms with Gasteiger partial charge in [0.2, 0.25) is 0 Å². The molecule has 0 aliphatic rings. The Balaban J connectivity index is 1.69. The summed E-state index contributed by atoms with van der Waals surface area (Å²) in [6, 6.07) is 11.4. The van der Waals surface area contributed by atoms with Crippen molar-refractivity contribution in [2.75, 3.05) is 11.9 Å². The minimum Gasteiger partial charge on any atom is -0.337 e. The molecule has 0 saturated carbocycles. The van der Waals surface area contributed by atoms with Crippen molar-refractivity contribution in [1.29, 1.82) is 0 Å². The molecule has 0 unspecified atom stereocenters. The maximum absolute atomic E-state index is 13.5. The van der Waals surface area contributed by atoms with E-state index < -0.39 is 24.3 Å². The largest absolute Gasteiger partial charge is 0.337 e. The van der Waals surface area contributed by atoms with Crippen molar-refractivity contribution in [3.8, 4) is 0 Å². The number of nitrogens with zero attached hydrogens (tertiary/aromatic N) is 2. The van der Waals surface area contributed by atoms with Crippen molar-refractivity contribution in [3.05, 3.63) is 60.2 Å². The van der Waals surface area contributed by atoms with Crippen LogP contribution in [0.1, 0.15) is 25.2 Å². The van der Waals surface area contributed by atoms with Crippen molar-refractivity contribution in [2.45, 2.75) is 19.4 Å². The standard InChI is InChI=1S/C18H17F3N4O/c1-11(10-22-18(26)23-13-8-6-12(19)7-9-13)16-24-14-4-2-3-5-15(14)25(16)17(20)21/h2-9,11,17H,10H2,1H3,(H2,22,23,26)/t11-/m1/s1. The number of rotatable bonds is 5. The highest BCUT2D eigenvalue weighted by atomic mass is 19.3. The zero-order chi connectivity index (χ0) is 18.7. The van der Waals surface area contributed by atoms with Gasteiger partial charge in [-0.1, -0.05) is 19.1 Å². The number of nitrogens with one attached hydrogen (secondary N) is 2. The minimum absolute atomic E-state index is 0.114. The molecule has 2 amide bonds. The fourth-order valence-corrected chi connectivity index (χ4v) is 2.66. The molecule has 1 aromatic heterocycles. The topological polar surface area (TPSA) is 59.0 Å². The third-order valence-corrected chi connectivity index (χ3v) is 3.93. The molecule has 0 saturated heterocycles. The second-order valence-electron chi connectivity index (χ2n) is 5.85. The maximum Gasteiger partial charge on any atom is 0.320 e. The number of hydrogen-bond acceptors (Lipinski definition) is 2. The van der Waals surface area contributed by atoms with Crippen LogP contribution in [0.15, 0.2) is 48.5 Å². The summed E-state index contributed by atoms with van der Waals surface area (Å²) in [5.74, 6) is -0.644. The van der Waals surface area contributed by atoms with Crippen LogP contribution in [-0.2, 0) is 0 Å². The molecule has 2 N–H and O–H groups in total. The molecular weight excluding hydrogens is 345 g/mol. The lowest BCUT2D eigenvalue weighted by Gasteiger charge is -2.15. The monoisotopic (exact) mass is 362 g/mol. The van der Waals surface area contributed by atoms with Crippen molar-refractivity contribution >= 4 is 22.8 Å². The van der Waals surface area contributed by atoms with Gasteiger partial charge in [0, 0.05) is 18.2 Å². The Morgan fingerprint density at radius 1 is 1.15 bits per heavy atom. The number of para-hydroxylation sites is 2. The summed E-state index contributed by atoms with van der Waals surface area (Å²) in [5, 5.41) is 5.16. The van der Waals surface area contributed by atoms with Gasteiger partial charge in [0.25, 0.3) is 0 Å². The van der Waals surface area contributed by atoms with Crippen LogP contribution >= 0.6 is 0 Å². The first-order valence-corrected chi connectivity index (χ1v) is 8.01. The van der Waals surface area contributed by atoms with E-state index in [1.165, 1.54) is 24.3 Å². The van der Waals surface area contributed by atoms with Crippen LogP contribution in [0.25, 0.3) is 11.0 Å². The van der Waals surface area contributed by atoms with Crippen molar-refractivity contribution in [2.24, 2.45) is 0 Å². The number of fused-ring (bicyclic) bond motifs is 1. The van der Waals surface area contributed by atoms with Crippen LogP contribution < -0.4 is 10.6 Å². The van der Waals surface area contributed by atoms with Gasteiger partial charge in [-0.3, -0.25) is 4.57 Å². The van der Waals surface area contributed by atoms with Crippen molar-refractivity contribution in [1.82, 2.24) is 14.9 Å². The van der Waals surface area contributed by atoms with Crippen molar-refractivity contribution in [3.63, 3.8) is 0 Å². The Kier molecular flexibility index (Phi) is 5.11. The molecule has 3 aromatic rings. The van der Waals surface area contributed by atoms with Crippen LogP contribution in [0.2, 0.25) is 0 Å². The van der Waals surface area contributed by atoms with Gasteiger partial charge in [0.05, 0.1) is 11.0 Å². The van der Waals surface area contributed by atoms with Crippen LogP contribution in [0, 0.1) is 5.82 Å². The van der Waals surface area contributed by atoms with Gasteiger partial charge in [-0.2, -0.15) is 8.78 Å². The summed E-state index contributed by atoms with van der Waals surface area (Å²) in [4.78, 5) is 16.2. The number of carbonyl (C=O) groups is 1. The molecule has 0 bridgehead atoms. The van der Waals surface area contributed by atoms with Crippen LogP contribution in [0.4, 0.5) is 23.7 Å². The number of benzene rings is 2. The van der Waals surface area contributed by atoms with Crippen LogP contribution in [0.5, 0.6) is 0 Å². The van der Waals surface area contributed by atoms with Gasteiger partial charge in [-0.25, -0.2) is 14.2 Å². The second-order valence-corrected chi connectivity index (χ2v) is 5.85. The zero-order valence-corrected chi connectivity index (χ0v) is 13.9. The summed E-state index contributed by atoms with van der Waals surface area (Å²) < 4.78 is 40.7. The van der Waals surface area contributed by atoms with Crippen molar-refractivity contribution < 1.29 is 18.0 Å². The molecule has 1 atom stereocenters. The smallest absolute Gasteiger partial charge is 0.320 e. The molecule has 0 radical (unpaired) electrons. The van der Waals surface area contributed by atoms with Gasteiger partial charge < -0.3 is 10.6 Å². The second kappa shape index (κ2) is 7.47. The highest BCUT2D eigenvalue weighted by Gasteiger charge is 2.22. The van der Waals surface area contributed by atoms with Gasteiger partial charge in [-0.15, -0.1) is 0 Å². The number of amides is 2. The van der Waals surface area contributed by atoms with E-state index in [1.807, 2.05) is 0 Å². The van der Waals surface area contributed by atoms with Gasteiger partial charge >= 0.3 is 12.6 Å². The number of carbonyl (C=O) groups excluding carboxylic acids is 1. The first kappa shape index (κ1) is 17.8. The number of alkyl halides is 2. The number of halogens is 3. The Morgan fingerprint density at radius 2 is 1.85 bits per heavy atom. The van der Waals surface area contributed by atoms with Gasteiger partial charge in [0.1, 0.15) is 11.6 Å². The highest BCUT2D eigenvalue weighted by Crippen LogP contribution is 2.27. The highest BCUT2D eigenvalue weighted by molar-refractivity contribution is 5.89. The molecule has 136 valence electrons. The average Bonchev–Trinajstić information content (AvgIpc) is 3.01. The Bertz CT molecular complexity index is 908. The normalized spacial score (nSPS) is 12.3. The summed E-state index contributed by atoms with van der Waals surface area (Å²) >= 11 is 0. The molecule has 8 heteroatoms. The molecule has 0 spiro atoms. The van der Waals surface area contributed by atoms with E-state index in [9.17, 15) is 18.0 Å². The third-order valence-electron chi connectivity index (χ3n) is 3.93. The number of anilines is 1. The minimum atomic E-state index is -2.73. The third kappa shape index (κ3) is 3.79. The predicted molar refractivity (Wildman–Crippen MR) is 92.8 cm³/mol. The quantitative estimate of drug-likeness (QED) is 0.702. The SMILES string of the molecule is C[C@H](CNC(=O)Nc1ccc(F)cc1)c1nc2ccccc2n1C(F)F. The number of hydrogen-bond donors (Lipinski definition) is 2. The van der Waals surface area contributed by atoms with Crippen LogP contribution in [-0.4, -0.2) is 22.1 Å². The molecule has 2 aromatic carbocycles. The lowest BCUT2D eigenvalue weighted by Crippen LogP contribution is -2.32. The number of imidazole rings is 1. The molecule has 1 heterocycles. The number of aromatic nitrogens is 2. The Labute approximate surface area is 147 Å². The maximum atomic E-state index is 13.5. The van der Waals surface area contributed by atoms with E-state index in [2.05, 4.69) is 15.6 Å². The molecule has 0 aliphatic heterocycles. The van der Waals surface area contributed by atoms with E-state index in [-0.39, 0.29) is 12.4 Å². The van der Waals surface area contributed by atoms with E-state index in [1.54, 1.807) is 31.2 Å². The van der Waals surface area contributed by atoms with E-state index in [0.29, 0.717) is 16.7 Å². The predicted octanol–water partition coefficient (Wildman–Crippen LogP) is 4.50. The van der Waals surface area contributed by atoms with Crippen LogP contribution in [0.3, 0.4) is 0 Å². The van der Waals surface area contributed by atoms with E-state index in [0.717, 1.165) is 4.57 Å². The molecule has 5 nitrogen and oxygen atoms in total. The molecular formula is C18H17F3N4O. The lowest BCUT2D eigenvalue weighted by molar-refractivity contribution is 0.0705. The fourth-order valence-electron chi connectivity index (χ4n) is 2.66. The first-order valence-electron chi connectivity index (χ1n) is 8.01. The summed E-state index contributed by atoms with van der Waals surface area (Å²) in [6.07, 6.45) is 0. The first-order chi connectivity index (χ1) is 12.5. The molecule has 0 fully saturated rings. The summed E-state index contributed by atoms with van der Waals surface area (Å²) in [5.41, 5.74) is 1.25. The van der Waals surface area contributed by atoms with E-state index in [4.69, 9.17) is 0 Å². The van der Waals surface area contributed by atoms with Gasteiger partial charge in [-0.05, 0) is 36.4 Å². The Hall–Kier alpha value is -3.03.